The van der Waals surface area contributed by atoms with Crippen molar-refractivity contribution in [1.29, 1.82) is 0 Å². The molecule has 0 aliphatic carbocycles. The average Bonchev–Trinajstić information content (AvgIpc) is 3.82. The smallest absolute Gasteiger partial charge is 0.121 e. The zero-order valence-electron chi connectivity index (χ0n) is 37.0. The number of aryl methyl sites for hydroxylation is 2. The molecule has 0 N–H and O–H groups in total. The Morgan fingerprint density at radius 2 is 1.42 bits per heavy atom. The first-order valence-corrected chi connectivity index (χ1v) is 18.2. The van der Waals surface area contributed by atoms with Crippen LogP contribution in [0, 0.1) is 25.8 Å². The van der Waals surface area contributed by atoms with Gasteiger partial charge in [0.05, 0.1) is 22.4 Å². The van der Waals surface area contributed by atoms with E-state index in [1.54, 1.807) is 6.07 Å². The Kier molecular flexibility index (Phi) is 8.93. The molecule has 0 atom stereocenters. The summed E-state index contributed by atoms with van der Waals surface area (Å²) >= 11 is 0. The Morgan fingerprint density at radius 1 is 0.673 bits per heavy atom. The van der Waals surface area contributed by atoms with Crippen LogP contribution < -0.4 is 0 Å². The number of hydrogen-bond acceptors (Lipinski definition) is 3. The van der Waals surface area contributed by atoms with Gasteiger partial charge in [-0.2, -0.15) is 0 Å². The van der Waals surface area contributed by atoms with E-state index >= 15 is 0 Å². The van der Waals surface area contributed by atoms with E-state index in [-0.39, 0.29) is 31.2 Å². The van der Waals surface area contributed by atoms with Crippen molar-refractivity contribution in [2.45, 2.75) is 53.2 Å². The summed E-state index contributed by atoms with van der Waals surface area (Å²) in [7, 11) is 0. The first-order chi connectivity index (χ1) is 28.7. The van der Waals surface area contributed by atoms with Crippen molar-refractivity contribution in [1.82, 2.24) is 14.5 Å². The van der Waals surface area contributed by atoms with Crippen LogP contribution in [0.15, 0.2) is 144 Å². The standard InChI is InChI=1S/C25H25N2.C25H18NO.Ir/c1-17(2)20-13-10-14-21(18(3)4)24(20)27-23-16-9-8-15-22(23)26-25(27)19-11-6-5-7-12-19;1-16-13-23(26-15-17(16)2)22-10-6-9-21-20-12-11-19(14-24(20)27-25(21)22)18-7-4-3-5-8-18;/h5-11,13-18H,1-4H3;3-9,11-15H,1-2H3;/q2*-1;/i;1D3,2D3;. The monoisotopic (exact) mass is 900 g/mol. The summed E-state index contributed by atoms with van der Waals surface area (Å²) in [5.41, 5.74) is 10.6. The van der Waals surface area contributed by atoms with Gasteiger partial charge in [-0.15, -0.1) is 54.1 Å². The minimum atomic E-state index is -2.60. The Hall–Kier alpha value is -5.61. The molecule has 3 heterocycles. The molecule has 4 nitrogen and oxygen atoms in total. The molecule has 9 aromatic rings. The fraction of sp³-hybridized carbons (Fsp3) is 0.160. The van der Waals surface area contributed by atoms with Crippen molar-refractivity contribution in [3.05, 3.63) is 174 Å². The van der Waals surface area contributed by atoms with E-state index in [1.165, 1.54) is 22.9 Å². The Balaban J connectivity index is 0.000000185. The second-order valence-corrected chi connectivity index (χ2v) is 14.0. The van der Waals surface area contributed by atoms with E-state index in [0.29, 0.717) is 34.3 Å². The summed E-state index contributed by atoms with van der Waals surface area (Å²) in [6.45, 7) is 3.85. The second kappa shape index (κ2) is 16.0. The number of furan rings is 1. The van der Waals surface area contributed by atoms with Crippen LogP contribution in [0.1, 0.15) is 70.0 Å². The zero-order chi connectivity index (χ0) is 42.3. The molecule has 0 saturated carbocycles. The number of nitrogens with zero attached hydrogens (tertiary/aromatic N) is 3. The molecule has 275 valence electrons. The van der Waals surface area contributed by atoms with Gasteiger partial charge < -0.3 is 14.0 Å². The summed E-state index contributed by atoms with van der Waals surface area (Å²) in [6.07, 6.45) is 1.12. The number of benzene rings is 6. The van der Waals surface area contributed by atoms with E-state index in [1.807, 2.05) is 72.8 Å². The number of fused-ring (bicyclic) bond motifs is 4. The van der Waals surface area contributed by atoms with Crippen LogP contribution in [0.4, 0.5) is 0 Å². The second-order valence-electron chi connectivity index (χ2n) is 14.0. The molecule has 0 amide bonds. The number of hydrogen-bond donors (Lipinski definition) is 0. The van der Waals surface area contributed by atoms with Crippen LogP contribution >= 0.6 is 0 Å². The SMILES string of the molecule is CC(C)c1cccc(C(C)C)c1-n1c(-c2[c-]cccc2)nc2ccccc21.[2H]C([2H])([2H])c1cnc(-c2[c-]ccc3c2oc2cc(-c4ccccc4)ccc23)cc1C([2H])([2H])[2H].[Ir]. The van der Waals surface area contributed by atoms with Crippen LogP contribution in [0.3, 0.4) is 0 Å². The Bertz CT molecular complexity index is 2940. The molecule has 0 bridgehead atoms. The third kappa shape index (κ3) is 7.31. The fourth-order valence-corrected chi connectivity index (χ4v) is 7.07. The van der Waals surface area contributed by atoms with Crippen molar-refractivity contribution in [2.24, 2.45) is 0 Å². The van der Waals surface area contributed by atoms with Gasteiger partial charge in [0.2, 0.25) is 0 Å². The van der Waals surface area contributed by atoms with E-state index in [0.717, 1.165) is 50.5 Å². The maximum absolute atomic E-state index is 7.83. The quantitative estimate of drug-likeness (QED) is 0.156. The van der Waals surface area contributed by atoms with Crippen LogP contribution in [0.5, 0.6) is 0 Å². The Labute approximate surface area is 345 Å². The van der Waals surface area contributed by atoms with Gasteiger partial charge in [-0.3, -0.25) is 4.98 Å². The number of imidazole rings is 1. The first kappa shape index (κ1) is 30.7. The maximum Gasteiger partial charge on any atom is 0.121 e. The molecular formula is C50H43IrN3O-2. The molecule has 0 aliphatic rings. The van der Waals surface area contributed by atoms with Gasteiger partial charge in [0.1, 0.15) is 5.58 Å². The normalized spacial score (nSPS) is 13.3. The summed E-state index contributed by atoms with van der Waals surface area (Å²) in [5, 5.41) is 1.76. The molecule has 5 heteroatoms. The molecule has 0 fully saturated rings. The van der Waals surface area contributed by atoms with Crippen LogP contribution in [-0.4, -0.2) is 14.5 Å². The van der Waals surface area contributed by atoms with Crippen molar-refractivity contribution in [3.8, 4) is 39.5 Å². The average molecular weight is 900 g/mol. The van der Waals surface area contributed by atoms with Crippen LogP contribution in [0.25, 0.3) is 72.4 Å². The van der Waals surface area contributed by atoms with Gasteiger partial charge in [0.25, 0.3) is 0 Å². The number of rotatable bonds is 6. The molecule has 0 saturated heterocycles. The van der Waals surface area contributed by atoms with Gasteiger partial charge in [0.15, 0.2) is 0 Å². The number of pyridine rings is 1. The van der Waals surface area contributed by atoms with Gasteiger partial charge in [-0.05, 0) is 77.2 Å². The van der Waals surface area contributed by atoms with Crippen molar-refractivity contribution < 1.29 is 32.7 Å². The van der Waals surface area contributed by atoms with Crippen molar-refractivity contribution >= 4 is 33.0 Å². The predicted octanol–water partition coefficient (Wildman–Crippen LogP) is 13.5. The minimum Gasteiger partial charge on any atom is -0.501 e. The largest absolute Gasteiger partial charge is 0.501 e. The van der Waals surface area contributed by atoms with Crippen molar-refractivity contribution in [2.75, 3.05) is 0 Å². The Morgan fingerprint density at radius 3 is 2.15 bits per heavy atom. The minimum absolute atomic E-state index is 0. The molecule has 9 rings (SSSR count). The fourth-order valence-electron chi connectivity index (χ4n) is 7.07. The van der Waals surface area contributed by atoms with Gasteiger partial charge in [-0.25, -0.2) is 0 Å². The molecule has 0 unspecified atom stereocenters. The first-order valence-electron chi connectivity index (χ1n) is 21.2. The number of para-hydroxylation sites is 3. The summed E-state index contributed by atoms with van der Waals surface area (Å²) in [6, 6.07) is 50.5. The third-order valence-electron chi connectivity index (χ3n) is 9.78. The van der Waals surface area contributed by atoms with E-state index in [2.05, 4.69) is 97.9 Å². The topological polar surface area (TPSA) is 43.9 Å². The zero-order valence-corrected chi connectivity index (χ0v) is 33.4. The van der Waals surface area contributed by atoms with Gasteiger partial charge in [0, 0.05) is 45.6 Å². The summed E-state index contributed by atoms with van der Waals surface area (Å²) < 4.78 is 55.1. The molecule has 0 spiro atoms. The van der Waals surface area contributed by atoms with E-state index in [9.17, 15) is 0 Å². The molecule has 6 aromatic carbocycles. The molecule has 55 heavy (non-hydrogen) atoms. The molecule has 3 aromatic heterocycles. The number of aromatic nitrogens is 3. The third-order valence-corrected chi connectivity index (χ3v) is 9.78. The van der Waals surface area contributed by atoms with E-state index in [4.69, 9.17) is 17.6 Å². The molecule has 0 aliphatic heterocycles. The van der Waals surface area contributed by atoms with Crippen molar-refractivity contribution in [3.63, 3.8) is 0 Å². The van der Waals surface area contributed by atoms with Gasteiger partial charge in [-0.1, -0.05) is 123 Å². The van der Waals surface area contributed by atoms with Crippen LogP contribution in [-0.2, 0) is 20.1 Å². The summed E-state index contributed by atoms with van der Waals surface area (Å²) in [4.78, 5) is 9.27. The predicted molar refractivity (Wildman–Crippen MR) is 224 cm³/mol. The van der Waals surface area contributed by atoms with E-state index < -0.39 is 13.7 Å². The maximum atomic E-state index is 7.83. The van der Waals surface area contributed by atoms with Gasteiger partial charge >= 0.3 is 0 Å². The van der Waals surface area contributed by atoms with Crippen LogP contribution in [0.2, 0.25) is 0 Å². The summed E-state index contributed by atoms with van der Waals surface area (Å²) in [5.74, 6) is 1.80. The molecular weight excluding hydrogens is 851 g/mol. The molecule has 1 radical (unpaired) electrons.